The highest BCUT2D eigenvalue weighted by molar-refractivity contribution is 5.68. The lowest BCUT2D eigenvalue weighted by molar-refractivity contribution is -0.109. The van der Waals surface area contributed by atoms with E-state index in [9.17, 15) is 4.79 Å². The van der Waals surface area contributed by atoms with Crippen LogP contribution in [0.3, 0.4) is 0 Å². The minimum Gasteiger partial charge on any atom is -0.370 e. The summed E-state index contributed by atoms with van der Waals surface area (Å²) in [5.41, 5.74) is 1.03. The summed E-state index contributed by atoms with van der Waals surface area (Å²) in [6, 6.07) is 3.82. The zero-order chi connectivity index (χ0) is 8.39. The van der Waals surface area contributed by atoms with Crippen LogP contribution >= 0.6 is 0 Å². The van der Waals surface area contributed by atoms with Crippen molar-refractivity contribution >= 4 is 12.1 Å². The molecule has 0 amide bonds. The Hall–Kier alpha value is -1.38. The molecule has 1 aromatic rings. The van der Waals surface area contributed by atoms with Crippen LogP contribution in [0.1, 0.15) is 17.9 Å². The molecule has 1 atom stereocenters. The summed E-state index contributed by atoms with van der Waals surface area (Å²) in [7, 11) is 0. The Bertz CT molecular complexity index is 298. The second kappa shape index (κ2) is 2.93. The van der Waals surface area contributed by atoms with Crippen LogP contribution in [0.2, 0.25) is 0 Å². The number of carbonyl (C=O) groups excluding carboxylic acids is 1. The zero-order valence-electron chi connectivity index (χ0n) is 6.66. The van der Waals surface area contributed by atoms with Crippen LogP contribution in [0.25, 0.3) is 0 Å². The van der Waals surface area contributed by atoms with Gasteiger partial charge in [0.1, 0.15) is 12.1 Å². The Morgan fingerprint density at radius 1 is 1.67 bits per heavy atom. The van der Waals surface area contributed by atoms with E-state index >= 15 is 0 Å². The molecule has 12 heavy (non-hydrogen) atoms. The number of pyridine rings is 1. The number of carbonyl (C=O) groups is 1. The Morgan fingerprint density at radius 2 is 2.58 bits per heavy atom. The number of fused-ring (bicyclic) bond motifs is 1. The second-order valence-corrected chi connectivity index (χ2v) is 2.90. The van der Waals surface area contributed by atoms with Gasteiger partial charge in [0, 0.05) is 24.2 Å². The van der Waals surface area contributed by atoms with Crippen molar-refractivity contribution in [1.29, 1.82) is 0 Å². The maximum absolute atomic E-state index is 10.7. The molecule has 0 aromatic carbocycles. The predicted octanol–water partition coefficient (Wildman–Crippen LogP) is 1.18. The van der Waals surface area contributed by atoms with E-state index in [-0.39, 0.29) is 5.92 Å². The molecule has 1 aliphatic heterocycles. The van der Waals surface area contributed by atoms with E-state index in [1.807, 2.05) is 12.1 Å². The zero-order valence-corrected chi connectivity index (χ0v) is 6.66. The average molecular weight is 162 g/mol. The fourth-order valence-electron chi connectivity index (χ4n) is 1.51. The smallest absolute Gasteiger partial charge is 0.129 e. The van der Waals surface area contributed by atoms with Crippen molar-refractivity contribution in [2.45, 2.75) is 12.3 Å². The van der Waals surface area contributed by atoms with Gasteiger partial charge in [0.15, 0.2) is 0 Å². The lowest BCUT2D eigenvalue weighted by atomic mass is 9.95. The third-order valence-corrected chi connectivity index (χ3v) is 2.15. The van der Waals surface area contributed by atoms with Gasteiger partial charge in [-0.05, 0) is 12.5 Å². The molecule has 0 spiro atoms. The molecule has 0 bridgehead atoms. The molecule has 0 fully saturated rings. The van der Waals surface area contributed by atoms with Crippen LogP contribution in [0.5, 0.6) is 0 Å². The van der Waals surface area contributed by atoms with E-state index in [1.165, 1.54) is 0 Å². The normalized spacial score (nSPS) is 20.8. The summed E-state index contributed by atoms with van der Waals surface area (Å²) < 4.78 is 0. The third-order valence-electron chi connectivity index (χ3n) is 2.15. The maximum Gasteiger partial charge on any atom is 0.129 e. The van der Waals surface area contributed by atoms with E-state index in [4.69, 9.17) is 0 Å². The fourth-order valence-corrected chi connectivity index (χ4v) is 1.51. The fraction of sp³-hybridized carbons (Fsp3) is 0.333. The first-order chi connectivity index (χ1) is 5.92. The standard InChI is InChI=1S/C9H10N2O/c12-6-7-3-5-11-9-8(7)2-1-4-10-9/h1-2,4,6-7H,3,5H2,(H,10,11). The minimum atomic E-state index is 0.0370. The lowest BCUT2D eigenvalue weighted by Crippen LogP contribution is -2.18. The molecule has 0 radical (unpaired) electrons. The molecule has 1 aliphatic rings. The van der Waals surface area contributed by atoms with Crippen molar-refractivity contribution in [3.63, 3.8) is 0 Å². The van der Waals surface area contributed by atoms with Crippen LogP contribution in [-0.4, -0.2) is 17.8 Å². The van der Waals surface area contributed by atoms with Crippen LogP contribution in [0.15, 0.2) is 18.3 Å². The van der Waals surface area contributed by atoms with Crippen molar-refractivity contribution in [3.8, 4) is 0 Å². The molecule has 62 valence electrons. The lowest BCUT2D eigenvalue weighted by Gasteiger charge is -2.20. The van der Waals surface area contributed by atoms with Gasteiger partial charge < -0.3 is 10.1 Å². The number of anilines is 1. The van der Waals surface area contributed by atoms with Crippen molar-refractivity contribution in [2.75, 3.05) is 11.9 Å². The molecule has 2 rings (SSSR count). The molecule has 0 aliphatic carbocycles. The molecular formula is C9H10N2O. The summed E-state index contributed by atoms with van der Waals surface area (Å²) in [4.78, 5) is 14.8. The van der Waals surface area contributed by atoms with Gasteiger partial charge in [0.25, 0.3) is 0 Å². The topological polar surface area (TPSA) is 42.0 Å². The Labute approximate surface area is 70.8 Å². The van der Waals surface area contributed by atoms with Gasteiger partial charge in [-0.2, -0.15) is 0 Å². The van der Waals surface area contributed by atoms with Gasteiger partial charge in [-0.1, -0.05) is 6.07 Å². The number of rotatable bonds is 1. The number of nitrogens with zero attached hydrogens (tertiary/aromatic N) is 1. The summed E-state index contributed by atoms with van der Waals surface area (Å²) in [5.74, 6) is 0.899. The summed E-state index contributed by atoms with van der Waals surface area (Å²) in [5, 5.41) is 3.16. The second-order valence-electron chi connectivity index (χ2n) is 2.90. The minimum absolute atomic E-state index is 0.0370. The Balaban J connectivity index is 2.43. The van der Waals surface area contributed by atoms with Gasteiger partial charge in [-0.15, -0.1) is 0 Å². The highest BCUT2D eigenvalue weighted by Gasteiger charge is 2.18. The molecule has 1 N–H and O–H groups in total. The van der Waals surface area contributed by atoms with E-state index < -0.39 is 0 Å². The van der Waals surface area contributed by atoms with E-state index in [2.05, 4.69) is 10.3 Å². The van der Waals surface area contributed by atoms with Gasteiger partial charge >= 0.3 is 0 Å². The molecular weight excluding hydrogens is 152 g/mol. The molecule has 3 nitrogen and oxygen atoms in total. The first-order valence-electron chi connectivity index (χ1n) is 4.06. The van der Waals surface area contributed by atoms with Crippen LogP contribution in [0, 0.1) is 0 Å². The average Bonchev–Trinajstić information content (AvgIpc) is 2.17. The van der Waals surface area contributed by atoms with Crippen molar-refractivity contribution in [1.82, 2.24) is 4.98 Å². The molecule has 1 aromatic heterocycles. The Kier molecular flexibility index (Phi) is 1.78. The molecule has 0 saturated heterocycles. The quantitative estimate of drug-likeness (QED) is 0.630. The molecule has 2 heterocycles. The maximum atomic E-state index is 10.7. The highest BCUT2D eigenvalue weighted by atomic mass is 16.1. The number of hydrogen-bond acceptors (Lipinski definition) is 3. The number of aromatic nitrogens is 1. The van der Waals surface area contributed by atoms with E-state index in [0.717, 1.165) is 30.6 Å². The summed E-state index contributed by atoms with van der Waals surface area (Å²) in [6.45, 7) is 0.841. The predicted molar refractivity (Wildman–Crippen MR) is 46.1 cm³/mol. The van der Waals surface area contributed by atoms with E-state index in [1.54, 1.807) is 6.20 Å². The third kappa shape index (κ3) is 1.07. The summed E-state index contributed by atoms with van der Waals surface area (Å²) >= 11 is 0. The van der Waals surface area contributed by atoms with Gasteiger partial charge in [0.05, 0.1) is 0 Å². The Morgan fingerprint density at radius 3 is 3.42 bits per heavy atom. The van der Waals surface area contributed by atoms with Crippen molar-refractivity contribution in [2.24, 2.45) is 0 Å². The first-order valence-corrected chi connectivity index (χ1v) is 4.06. The SMILES string of the molecule is O=CC1CCNc2ncccc21. The largest absolute Gasteiger partial charge is 0.370 e. The highest BCUT2D eigenvalue weighted by Crippen LogP contribution is 2.27. The van der Waals surface area contributed by atoms with Crippen LogP contribution < -0.4 is 5.32 Å². The van der Waals surface area contributed by atoms with E-state index in [0.29, 0.717) is 0 Å². The number of nitrogens with one attached hydrogen (secondary N) is 1. The monoisotopic (exact) mass is 162 g/mol. The molecule has 0 saturated carbocycles. The van der Waals surface area contributed by atoms with Gasteiger partial charge in [-0.25, -0.2) is 4.98 Å². The van der Waals surface area contributed by atoms with Crippen LogP contribution in [-0.2, 0) is 4.79 Å². The molecule has 3 heteroatoms. The van der Waals surface area contributed by atoms with Crippen molar-refractivity contribution < 1.29 is 4.79 Å². The van der Waals surface area contributed by atoms with Crippen LogP contribution in [0.4, 0.5) is 5.82 Å². The molecule has 1 unspecified atom stereocenters. The summed E-state index contributed by atoms with van der Waals surface area (Å²) in [6.07, 6.45) is 3.61. The number of aldehydes is 1. The van der Waals surface area contributed by atoms with Crippen molar-refractivity contribution in [3.05, 3.63) is 23.9 Å². The van der Waals surface area contributed by atoms with Gasteiger partial charge in [0.2, 0.25) is 0 Å². The van der Waals surface area contributed by atoms with Gasteiger partial charge in [-0.3, -0.25) is 0 Å². The first kappa shape index (κ1) is 7.28. The number of hydrogen-bond donors (Lipinski definition) is 1.